The van der Waals surface area contributed by atoms with Gasteiger partial charge in [-0.3, -0.25) is 14.9 Å². The van der Waals surface area contributed by atoms with Crippen LogP contribution in [0.5, 0.6) is 0 Å². The van der Waals surface area contributed by atoms with Crippen LogP contribution in [-0.4, -0.2) is 23.9 Å². The smallest absolute Gasteiger partial charge is 0.270 e. The number of nitriles is 1. The van der Waals surface area contributed by atoms with E-state index in [-0.39, 0.29) is 11.3 Å². The number of carbonyl (C=O) groups is 1. The molecule has 1 heterocycles. The monoisotopic (exact) mass is 404 g/mol. The molecular weight excluding hydrogens is 380 g/mol. The topological polar surface area (TPSA) is 99.3 Å². The number of hydrogen-bond acceptors (Lipinski definition) is 5. The van der Waals surface area contributed by atoms with Gasteiger partial charge in [0.15, 0.2) is 0 Å². The van der Waals surface area contributed by atoms with Crippen LogP contribution in [0.1, 0.15) is 36.0 Å². The van der Waals surface area contributed by atoms with Crippen molar-refractivity contribution in [2.45, 2.75) is 33.1 Å². The molecule has 7 heteroatoms. The summed E-state index contributed by atoms with van der Waals surface area (Å²) in [5.74, 6) is -0.541. The van der Waals surface area contributed by atoms with Gasteiger partial charge in [-0.2, -0.15) is 5.26 Å². The van der Waals surface area contributed by atoms with Gasteiger partial charge in [-0.1, -0.05) is 17.7 Å². The predicted molar refractivity (Wildman–Crippen MR) is 117 cm³/mol. The first-order valence-corrected chi connectivity index (χ1v) is 9.93. The number of nitro benzene ring substituents is 1. The Hall–Kier alpha value is -3.66. The van der Waals surface area contributed by atoms with Crippen molar-refractivity contribution < 1.29 is 9.72 Å². The lowest BCUT2D eigenvalue weighted by Crippen LogP contribution is -2.30. The maximum Gasteiger partial charge on any atom is 0.270 e. The quantitative estimate of drug-likeness (QED) is 0.336. The first kappa shape index (κ1) is 21.1. The van der Waals surface area contributed by atoms with Gasteiger partial charge in [-0.05, 0) is 56.9 Å². The lowest BCUT2D eigenvalue weighted by Gasteiger charge is -2.30. The molecule has 1 saturated heterocycles. The Kier molecular flexibility index (Phi) is 6.48. The van der Waals surface area contributed by atoms with Crippen molar-refractivity contribution in [1.29, 1.82) is 5.26 Å². The Morgan fingerprint density at radius 1 is 1.17 bits per heavy atom. The van der Waals surface area contributed by atoms with Crippen LogP contribution in [0.3, 0.4) is 0 Å². The minimum Gasteiger partial charge on any atom is -0.371 e. The van der Waals surface area contributed by atoms with Gasteiger partial charge in [0, 0.05) is 42.2 Å². The maximum absolute atomic E-state index is 12.7. The van der Waals surface area contributed by atoms with Crippen LogP contribution in [-0.2, 0) is 4.79 Å². The fourth-order valence-electron chi connectivity index (χ4n) is 3.64. The number of non-ortho nitro benzene ring substituents is 1. The van der Waals surface area contributed by atoms with Crippen LogP contribution in [0.25, 0.3) is 6.08 Å². The summed E-state index contributed by atoms with van der Waals surface area (Å²) in [6, 6.07) is 12.1. The molecular formula is C23H24N4O3. The molecule has 0 saturated carbocycles. The molecule has 0 unspecified atom stereocenters. The number of piperidine rings is 1. The molecule has 0 aliphatic carbocycles. The summed E-state index contributed by atoms with van der Waals surface area (Å²) in [7, 11) is 0. The minimum atomic E-state index is -0.541. The second kappa shape index (κ2) is 9.23. The van der Waals surface area contributed by atoms with Gasteiger partial charge in [-0.25, -0.2) is 0 Å². The average Bonchev–Trinajstić information content (AvgIpc) is 2.74. The second-order valence-electron chi connectivity index (χ2n) is 7.49. The zero-order chi connectivity index (χ0) is 21.7. The van der Waals surface area contributed by atoms with Gasteiger partial charge >= 0.3 is 0 Å². The summed E-state index contributed by atoms with van der Waals surface area (Å²) in [5, 5.41) is 23.6. The Morgan fingerprint density at radius 3 is 2.53 bits per heavy atom. The van der Waals surface area contributed by atoms with E-state index in [0.29, 0.717) is 11.3 Å². The summed E-state index contributed by atoms with van der Waals surface area (Å²) in [5.41, 5.74) is 3.71. The van der Waals surface area contributed by atoms with Gasteiger partial charge < -0.3 is 10.2 Å². The number of nitrogens with one attached hydrogen (secondary N) is 1. The predicted octanol–water partition coefficient (Wildman–Crippen LogP) is 4.75. The van der Waals surface area contributed by atoms with Crippen molar-refractivity contribution in [2.24, 2.45) is 0 Å². The summed E-state index contributed by atoms with van der Waals surface area (Å²) in [6.07, 6.45) is 4.67. The van der Waals surface area contributed by atoms with E-state index in [2.05, 4.69) is 10.2 Å². The van der Waals surface area contributed by atoms with Crippen molar-refractivity contribution in [2.75, 3.05) is 23.3 Å². The standard InChI is InChI=1S/C23H24N4O3/c1-16-6-8-21(17(2)12-16)25-23(28)19(15-24)13-18-14-20(27(29)30)7-9-22(18)26-10-4-3-5-11-26/h6-9,12-14H,3-5,10-11H2,1-2H3,(H,25,28)/b19-13+. The number of amides is 1. The number of hydrogen-bond donors (Lipinski definition) is 1. The van der Waals surface area contributed by atoms with Gasteiger partial charge in [0.25, 0.3) is 11.6 Å². The SMILES string of the molecule is Cc1ccc(NC(=O)/C(C#N)=C/c2cc([N+](=O)[O-])ccc2N2CCCCC2)c(C)c1. The van der Waals surface area contributed by atoms with Crippen LogP contribution in [0.15, 0.2) is 42.0 Å². The van der Waals surface area contributed by atoms with Gasteiger partial charge in [0.1, 0.15) is 11.6 Å². The van der Waals surface area contributed by atoms with E-state index >= 15 is 0 Å². The Morgan fingerprint density at radius 2 is 1.90 bits per heavy atom. The minimum absolute atomic E-state index is 0.0749. The molecule has 1 aliphatic rings. The highest BCUT2D eigenvalue weighted by atomic mass is 16.6. The third-order valence-electron chi connectivity index (χ3n) is 5.21. The zero-order valence-electron chi connectivity index (χ0n) is 17.1. The van der Waals surface area contributed by atoms with Crippen molar-refractivity contribution in [3.05, 3.63) is 68.8 Å². The largest absolute Gasteiger partial charge is 0.371 e. The summed E-state index contributed by atoms with van der Waals surface area (Å²) >= 11 is 0. The average molecular weight is 404 g/mol. The molecule has 0 spiro atoms. The van der Waals surface area contributed by atoms with Crippen LogP contribution in [0.2, 0.25) is 0 Å². The van der Waals surface area contributed by atoms with E-state index in [1.165, 1.54) is 18.2 Å². The molecule has 2 aromatic rings. The van der Waals surface area contributed by atoms with E-state index in [4.69, 9.17) is 0 Å². The molecule has 3 rings (SSSR count). The lowest BCUT2D eigenvalue weighted by molar-refractivity contribution is -0.384. The number of benzene rings is 2. The molecule has 0 aromatic heterocycles. The fraction of sp³-hybridized carbons (Fsp3) is 0.304. The van der Waals surface area contributed by atoms with Crippen LogP contribution in [0, 0.1) is 35.3 Å². The van der Waals surface area contributed by atoms with Crippen molar-refractivity contribution in [1.82, 2.24) is 0 Å². The maximum atomic E-state index is 12.7. The molecule has 0 radical (unpaired) electrons. The molecule has 154 valence electrons. The van der Waals surface area contributed by atoms with Crippen LogP contribution in [0.4, 0.5) is 17.1 Å². The van der Waals surface area contributed by atoms with E-state index in [1.54, 1.807) is 12.1 Å². The highest BCUT2D eigenvalue weighted by molar-refractivity contribution is 6.10. The molecule has 7 nitrogen and oxygen atoms in total. The summed E-state index contributed by atoms with van der Waals surface area (Å²) in [4.78, 5) is 25.7. The normalized spacial score (nSPS) is 14.2. The van der Waals surface area contributed by atoms with Gasteiger partial charge in [0.05, 0.1) is 4.92 Å². The molecule has 1 amide bonds. The first-order valence-electron chi connectivity index (χ1n) is 9.93. The molecule has 2 aromatic carbocycles. The van der Waals surface area contributed by atoms with Crippen LogP contribution >= 0.6 is 0 Å². The molecule has 0 bridgehead atoms. The summed E-state index contributed by atoms with van der Waals surface area (Å²) < 4.78 is 0. The van der Waals surface area contributed by atoms with Crippen molar-refractivity contribution >= 4 is 29.0 Å². The Balaban J connectivity index is 1.96. The van der Waals surface area contributed by atoms with E-state index < -0.39 is 10.8 Å². The molecule has 30 heavy (non-hydrogen) atoms. The highest BCUT2D eigenvalue weighted by Gasteiger charge is 2.19. The van der Waals surface area contributed by atoms with Gasteiger partial charge in [-0.15, -0.1) is 0 Å². The number of nitrogens with zero attached hydrogens (tertiary/aromatic N) is 3. The summed E-state index contributed by atoms with van der Waals surface area (Å²) in [6.45, 7) is 5.53. The Bertz CT molecular complexity index is 1050. The molecule has 1 N–H and O–H groups in total. The first-order chi connectivity index (χ1) is 14.4. The molecule has 1 fully saturated rings. The number of rotatable bonds is 5. The Labute approximate surface area is 175 Å². The van der Waals surface area contributed by atoms with E-state index in [1.807, 2.05) is 32.0 Å². The van der Waals surface area contributed by atoms with Crippen LogP contribution < -0.4 is 10.2 Å². The number of anilines is 2. The lowest BCUT2D eigenvalue weighted by atomic mass is 10.0. The zero-order valence-corrected chi connectivity index (χ0v) is 17.1. The molecule has 1 aliphatic heterocycles. The van der Waals surface area contributed by atoms with E-state index in [9.17, 15) is 20.2 Å². The third kappa shape index (κ3) is 4.84. The third-order valence-corrected chi connectivity index (χ3v) is 5.21. The number of carbonyl (C=O) groups excluding carboxylic acids is 1. The fourth-order valence-corrected chi connectivity index (χ4v) is 3.64. The molecule has 0 atom stereocenters. The van der Waals surface area contributed by atoms with E-state index in [0.717, 1.165) is 49.2 Å². The van der Waals surface area contributed by atoms with Crippen molar-refractivity contribution in [3.8, 4) is 6.07 Å². The van der Waals surface area contributed by atoms with Crippen molar-refractivity contribution in [3.63, 3.8) is 0 Å². The van der Waals surface area contributed by atoms with Gasteiger partial charge in [0.2, 0.25) is 0 Å². The second-order valence-corrected chi connectivity index (χ2v) is 7.49. The highest BCUT2D eigenvalue weighted by Crippen LogP contribution is 2.30. The number of aryl methyl sites for hydroxylation is 2. The number of nitro groups is 1.